The number of benzene rings is 1. The zero-order valence-electron chi connectivity index (χ0n) is 10.2. The summed E-state index contributed by atoms with van der Waals surface area (Å²) in [6.07, 6.45) is 0. The molecule has 0 unspecified atom stereocenters. The molecule has 0 aliphatic rings. The van der Waals surface area contributed by atoms with E-state index in [4.69, 9.17) is 4.18 Å². The summed E-state index contributed by atoms with van der Waals surface area (Å²) in [6.45, 7) is 7.56. The zero-order valence-corrected chi connectivity index (χ0v) is 11.0. The highest BCUT2D eigenvalue weighted by molar-refractivity contribution is 7.85. The van der Waals surface area contributed by atoms with E-state index in [0.29, 0.717) is 5.75 Å². The molecule has 1 aromatic rings. The maximum atomic E-state index is 11.4. The van der Waals surface area contributed by atoms with E-state index < -0.39 is 10.3 Å². The Labute approximate surface area is 96.9 Å². The van der Waals surface area contributed by atoms with Crippen molar-refractivity contribution < 1.29 is 12.6 Å². The molecule has 1 rings (SSSR count). The monoisotopic (exact) mass is 243 g/mol. The van der Waals surface area contributed by atoms with E-state index >= 15 is 0 Å². The average molecular weight is 243 g/mol. The van der Waals surface area contributed by atoms with Crippen LogP contribution < -0.4 is 8.91 Å². The minimum absolute atomic E-state index is 0.423. The Morgan fingerprint density at radius 2 is 1.50 bits per heavy atom. The van der Waals surface area contributed by atoms with Crippen LogP contribution >= 0.6 is 0 Å². The first-order chi connectivity index (χ1) is 7.28. The van der Waals surface area contributed by atoms with Gasteiger partial charge < -0.3 is 4.18 Å². The van der Waals surface area contributed by atoms with Gasteiger partial charge in [-0.25, -0.2) is 0 Å². The Kier molecular flexibility index (Phi) is 3.60. The van der Waals surface area contributed by atoms with Crippen LogP contribution in [0.1, 0.15) is 22.3 Å². The number of aryl methyl sites for hydroxylation is 2. The molecule has 0 atom stereocenters. The molecule has 0 aliphatic heterocycles. The molecular weight excluding hydrogens is 226 g/mol. The molecule has 0 fully saturated rings. The van der Waals surface area contributed by atoms with Gasteiger partial charge in [-0.2, -0.15) is 13.1 Å². The van der Waals surface area contributed by atoms with Crippen LogP contribution in [0.15, 0.2) is 6.07 Å². The molecule has 5 heteroatoms. The van der Waals surface area contributed by atoms with Crippen LogP contribution in [0.3, 0.4) is 0 Å². The molecule has 0 aromatic heterocycles. The standard InChI is InChI=1S/C11H17NO3S/c1-7-6-8(2)10(4)11(9(7)3)15-16(13,14)12-5/h6,12H,1-5H3. The average Bonchev–Trinajstić information content (AvgIpc) is 2.22. The molecule has 1 N–H and O–H groups in total. The molecule has 4 nitrogen and oxygen atoms in total. The lowest BCUT2D eigenvalue weighted by molar-refractivity contribution is 0.473. The van der Waals surface area contributed by atoms with Crippen molar-refractivity contribution in [3.05, 3.63) is 28.3 Å². The highest BCUT2D eigenvalue weighted by Gasteiger charge is 2.16. The van der Waals surface area contributed by atoms with Crippen molar-refractivity contribution in [1.29, 1.82) is 0 Å². The van der Waals surface area contributed by atoms with Gasteiger partial charge in [-0.3, -0.25) is 0 Å². The van der Waals surface area contributed by atoms with Crippen LogP contribution in [-0.2, 0) is 10.3 Å². The van der Waals surface area contributed by atoms with E-state index in [1.165, 1.54) is 7.05 Å². The molecule has 0 radical (unpaired) electrons. The summed E-state index contributed by atoms with van der Waals surface area (Å²) >= 11 is 0. The van der Waals surface area contributed by atoms with E-state index in [-0.39, 0.29) is 0 Å². The lowest BCUT2D eigenvalue weighted by atomic mass is 10.0. The lowest BCUT2D eigenvalue weighted by Crippen LogP contribution is -2.25. The molecular formula is C11H17NO3S. The van der Waals surface area contributed by atoms with Crippen molar-refractivity contribution >= 4 is 10.3 Å². The number of rotatable bonds is 3. The third-order valence-electron chi connectivity index (χ3n) is 2.74. The van der Waals surface area contributed by atoms with Crippen LogP contribution in [0.25, 0.3) is 0 Å². The van der Waals surface area contributed by atoms with Gasteiger partial charge in [-0.1, -0.05) is 6.07 Å². The van der Waals surface area contributed by atoms with E-state index in [2.05, 4.69) is 4.72 Å². The maximum absolute atomic E-state index is 11.4. The quantitative estimate of drug-likeness (QED) is 0.880. The Bertz CT molecular complexity index is 480. The smallest absolute Gasteiger partial charge is 0.370 e. The molecule has 1 aromatic carbocycles. The molecule has 0 saturated heterocycles. The fraction of sp³-hybridized carbons (Fsp3) is 0.455. The summed E-state index contributed by atoms with van der Waals surface area (Å²) in [6, 6.07) is 2.02. The Morgan fingerprint density at radius 3 is 1.88 bits per heavy atom. The lowest BCUT2D eigenvalue weighted by Gasteiger charge is -2.15. The third-order valence-corrected chi connectivity index (χ3v) is 3.63. The van der Waals surface area contributed by atoms with Gasteiger partial charge in [0.05, 0.1) is 0 Å². The van der Waals surface area contributed by atoms with E-state index in [0.717, 1.165) is 22.3 Å². The molecule has 0 amide bonds. The van der Waals surface area contributed by atoms with Crippen molar-refractivity contribution in [1.82, 2.24) is 4.72 Å². The summed E-state index contributed by atoms with van der Waals surface area (Å²) in [4.78, 5) is 0. The van der Waals surface area contributed by atoms with Gasteiger partial charge in [0.25, 0.3) is 0 Å². The maximum Gasteiger partial charge on any atom is 0.382 e. The summed E-state index contributed by atoms with van der Waals surface area (Å²) in [5.74, 6) is 0.423. The number of hydrogen-bond donors (Lipinski definition) is 1. The first-order valence-electron chi connectivity index (χ1n) is 4.99. The van der Waals surface area contributed by atoms with Gasteiger partial charge in [-0.15, -0.1) is 0 Å². The van der Waals surface area contributed by atoms with E-state index in [9.17, 15) is 8.42 Å². The molecule has 90 valence electrons. The topological polar surface area (TPSA) is 55.4 Å². The SMILES string of the molecule is CNS(=O)(=O)Oc1c(C)c(C)cc(C)c1C. The predicted octanol–water partition coefficient (Wildman–Crippen LogP) is 1.76. The Hall–Kier alpha value is -1.07. The minimum Gasteiger partial charge on any atom is -0.370 e. The first-order valence-corrected chi connectivity index (χ1v) is 6.39. The second-order valence-electron chi connectivity index (χ2n) is 3.83. The highest BCUT2D eigenvalue weighted by atomic mass is 32.2. The summed E-state index contributed by atoms with van der Waals surface area (Å²) in [7, 11) is -2.38. The van der Waals surface area contributed by atoms with Crippen molar-refractivity contribution in [2.24, 2.45) is 0 Å². The molecule has 0 spiro atoms. The van der Waals surface area contributed by atoms with Gasteiger partial charge in [0.15, 0.2) is 0 Å². The zero-order chi connectivity index (χ0) is 12.5. The van der Waals surface area contributed by atoms with Crippen molar-refractivity contribution in [2.45, 2.75) is 27.7 Å². The summed E-state index contributed by atoms with van der Waals surface area (Å²) in [5.41, 5.74) is 3.73. The van der Waals surface area contributed by atoms with E-state index in [1.54, 1.807) is 0 Å². The fourth-order valence-electron chi connectivity index (χ4n) is 1.46. The minimum atomic E-state index is -3.70. The molecule has 0 bridgehead atoms. The number of hydrogen-bond acceptors (Lipinski definition) is 3. The van der Waals surface area contributed by atoms with Crippen LogP contribution in [0.5, 0.6) is 5.75 Å². The van der Waals surface area contributed by atoms with Gasteiger partial charge in [0.1, 0.15) is 5.75 Å². The normalized spacial score (nSPS) is 11.6. The van der Waals surface area contributed by atoms with E-state index in [1.807, 2.05) is 33.8 Å². The van der Waals surface area contributed by atoms with Crippen LogP contribution in [0.4, 0.5) is 0 Å². The molecule has 0 heterocycles. The molecule has 0 aliphatic carbocycles. The molecule has 16 heavy (non-hydrogen) atoms. The third kappa shape index (κ3) is 2.54. The van der Waals surface area contributed by atoms with Crippen molar-refractivity contribution in [3.63, 3.8) is 0 Å². The second-order valence-corrected chi connectivity index (χ2v) is 5.31. The van der Waals surface area contributed by atoms with Gasteiger partial charge in [0, 0.05) is 7.05 Å². The summed E-state index contributed by atoms with van der Waals surface area (Å²) < 4.78 is 29.9. The van der Waals surface area contributed by atoms with Gasteiger partial charge in [0.2, 0.25) is 0 Å². The Morgan fingerprint density at radius 1 is 1.06 bits per heavy atom. The fourth-order valence-corrected chi connectivity index (χ4v) is 2.01. The van der Waals surface area contributed by atoms with Crippen molar-refractivity contribution in [3.8, 4) is 5.75 Å². The van der Waals surface area contributed by atoms with Crippen molar-refractivity contribution in [2.75, 3.05) is 7.05 Å². The van der Waals surface area contributed by atoms with Gasteiger partial charge in [-0.05, 0) is 49.9 Å². The predicted molar refractivity (Wildman–Crippen MR) is 64.0 cm³/mol. The Balaban J connectivity index is 3.34. The number of nitrogens with one attached hydrogen (secondary N) is 1. The van der Waals surface area contributed by atoms with Crippen LogP contribution in [-0.4, -0.2) is 15.5 Å². The second kappa shape index (κ2) is 4.43. The summed E-state index contributed by atoms with van der Waals surface area (Å²) in [5, 5.41) is 0. The largest absolute Gasteiger partial charge is 0.382 e. The van der Waals surface area contributed by atoms with Crippen LogP contribution in [0, 0.1) is 27.7 Å². The van der Waals surface area contributed by atoms with Gasteiger partial charge >= 0.3 is 10.3 Å². The highest BCUT2D eigenvalue weighted by Crippen LogP contribution is 2.29. The molecule has 0 saturated carbocycles. The first kappa shape index (κ1) is 13.0. The van der Waals surface area contributed by atoms with Crippen LogP contribution in [0.2, 0.25) is 0 Å².